The highest BCUT2D eigenvalue weighted by Gasteiger charge is 2.36. The average molecular weight is 392 g/mol. The fraction of sp³-hybridized carbons (Fsp3) is 0.333. The van der Waals surface area contributed by atoms with E-state index in [1.54, 1.807) is 13.8 Å². The van der Waals surface area contributed by atoms with Gasteiger partial charge in [-0.15, -0.1) is 0 Å². The second kappa shape index (κ2) is 7.07. The zero-order valence-corrected chi connectivity index (χ0v) is 17.0. The zero-order chi connectivity index (χ0) is 20.9. The van der Waals surface area contributed by atoms with E-state index in [1.165, 1.54) is 6.07 Å². The summed E-state index contributed by atoms with van der Waals surface area (Å²) in [7, 11) is 0. The van der Waals surface area contributed by atoms with E-state index in [0.717, 1.165) is 5.56 Å². The van der Waals surface area contributed by atoms with Gasteiger partial charge < -0.3 is 14.3 Å². The van der Waals surface area contributed by atoms with Crippen molar-refractivity contribution in [2.24, 2.45) is 11.8 Å². The molecule has 0 saturated carbocycles. The number of aromatic hydroxyl groups is 1. The predicted molar refractivity (Wildman–Crippen MR) is 112 cm³/mol. The Hall–Kier alpha value is -3.08. The van der Waals surface area contributed by atoms with Crippen LogP contribution in [0.15, 0.2) is 45.6 Å². The third-order valence-electron chi connectivity index (χ3n) is 5.48. The van der Waals surface area contributed by atoms with Gasteiger partial charge in [-0.1, -0.05) is 58.0 Å². The fourth-order valence-electron chi connectivity index (χ4n) is 3.87. The smallest absolute Gasteiger partial charge is 0.336 e. The summed E-state index contributed by atoms with van der Waals surface area (Å²) in [6.07, 6.45) is 0.364. The molecule has 0 fully saturated rings. The third kappa shape index (κ3) is 3.11. The van der Waals surface area contributed by atoms with E-state index in [-0.39, 0.29) is 35.0 Å². The van der Waals surface area contributed by atoms with Gasteiger partial charge in [-0.05, 0) is 11.5 Å². The summed E-state index contributed by atoms with van der Waals surface area (Å²) >= 11 is 0. The lowest BCUT2D eigenvalue weighted by atomic mass is 9.90. The summed E-state index contributed by atoms with van der Waals surface area (Å²) in [5.74, 6) is -0.161. The molecule has 1 unspecified atom stereocenters. The van der Waals surface area contributed by atoms with Crippen LogP contribution in [0.25, 0.3) is 22.1 Å². The first-order chi connectivity index (χ1) is 13.8. The molecule has 3 aromatic rings. The molecule has 29 heavy (non-hydrogen) atoms. The SMILES string of the molecule is CC(C)C(=O)c1c2c(c3oc(=O)cc(-c4ccccc4)c3c1O)CC(C(C)C)O2. The number of benzene rings is 2. The highest BCUT2D eigenvalue weighted by Crippen LogP contribution is 2.48. The lowest BCUT2D eigenvalue weighted by Gasteiger charge is -2.17. The molecule has 0 aliphatic carbocycles. The van der Waals surface area contributed by atoms with E-state index >= 15 is 0 Å². The number of phenolic OH excluding ortho intramolecular Hbond substituents is 1. The standard InChI is InChI=1S/C24H24O5/c1-12(2)17-10-16-23-19(22(27)20(24(16)28-17)21(26)13(3)4)15(11-18(25)29-23)14-8-6-5-7-9-14/h5-9,11-13,17,27H,10H2,1-4H3. The molecule has 0 radical (unpaired) electrons. The van der Waals surface area contributed by atoms with Gasteiger partial charge in [0.15, 0.2) is 5.78 Å². The van der Waals surface area contributed by atoms with Gasteiger partial charge in [-0.25, -0.2) is 4.79 Å². The van der Waals surface area contributed by atoms with Gasteiger partial charge in [0, 0.05) is 29.5 Å². The maximum absolute atomic E-state index is 13.0. The Morgan fingerprint density at radius 1 is 1.14 bits per heavy atom. The molecule has 0 amide bonds. The quantitative estimate of drug-likeness (QED) is 0.501. The van der Waals surface area contributed by atoms with Crippen LogP contribution in [-0.4, -0.2) is 17.0 Å². The van der Waals surface area contributed by atoms with Gasteiger partial charge in [-0.3, -0.25) is 4.79 Å². The van der Waals surface area contributed by atoms with E-state index in [0.29, 0.717) is 34.3 Å². The van der Waals surface area contributed by atoms with E-state index in [1.807, 2.05) is 44.2 Å². The number of ether oxygens (including phenoxy) is 1. The molecular formula is C24H24O5. The van der Waals surface area contributed by atoms with Crippen molar-refractivity contribution in [3.63, 3.8) is 0 Å². The number of rotatable bonds is 4. The van der Waals surface area contributed by atoms with Crippen molar-refractivity contribution in [1.82, 2.24) is 0 Å². The average Bonchev–Trinajstić information content (AvgIpc) is 3.13. The number of Topliss-reactive ketones (excluding diaryl/α,β-unsaturated/α-hetero) is 1. The molecule has 1 N–H and O–H groups in total. The topological polar surface area (TPSA) is 76.7 Å². The Kier molecular flexibility index (Phi) is 4.69. The van der Waals surface area contributed by atoms with Gasteiger partial charge in [-0.2, -0.15) is 0 Å². The Labute approximate surface area is 168 Å². The minimum atomic E-state index is -0.506. The fourth-order valence-corrected chi connectivity index (χ4v) is 3.87. The predicted octanol–water partition coefficient (Wildman–Crippen LogP) is 4.96. The Bertz CT molecular complexity index is 1160. The minimum Gasteiger partial charge on any atom is -0.506 e. The second-order valence-corrected chi connectivity index (χ2v) is 8.20. The van der Waals surface area contributed by atoms with Crippen molar-refractivity contribution in [3.05, 3.63) is 57.9 Å². The molecule has 2 aromatic carbocycles. The Balaban J connectivity index is 2.13. The summed E-state index contributed by atoms with van der Waals surface area (Å²) in [6.45, 7) is 7.65. The van der Waals surface area contributed by atoms with Crippen LogP contribution >= 0.6 is 0 Å². The maximum Gasteiger partial charge on any atom is 0.336 e. The van der Waals surface area contributed by atoms with Crippen LogP contribution < -0.4 is 10.4 Å². The van der Waals surface area contributed by atoms with Crippen LogP contribution in [0.1, 0.15) is 43.6 Å². The van der Waals surface area contributed by atoms with Crippen LogP contribution in [0.5, 0.6) is 11.5 Å². The molecule has 1 aliphatic rings. The van der Waals surface area contributed by atoms with Gasteiger partial charge >= 0.3 is 5.63 Å². The highest BCUT2D eigenvalue weighted by atomic mass is 16.5. The van der Waals surface area contributed by atoms with Crippen molar-refractivity contribution < 1.29 is 19.1 Å². The van der Waals surface area contributed by atoms with Crippen molar-refractivity contribution in [3.8, 4) is 22.6 Å². The molecule has 5 heteroatoms. The van der Waals surface area contributed by atoms with Crippen LogP contribution in [0.3, 0.4) is 0 Å². The van der Waals surface area contributed by atoms with Gasteiger partial charge in [0.05, 0.1) is 5.39 Å². The number of hydrogen-bond donors (Lipinski definition) is 1. The molecule has 1 atom stereocenters. The second-order valence-electron chi connectivity index (χ2n) is 8.20. The number of hydrogen-bond acceptors (Lipinski definition) is 5. The van der Waals surface area contributed by atoms with Crippen LogP contribution in [-0.2, 0) is 6.42 Å². The lowest BCUT2D eigenvalue weighted by molar-refractivity contribution is 0.0929. The number of ketones is 1. The lowest BCUT2D eigenvalue weighted by Crippen LogP contribution is -2.20. The first kappa shape index (κ1) is 19.2. The molecule has 1 aromatic heterocycles. The number of phenols is 1. The molecule has 0 saturated heterocycles. The normalized spacial score (nSPS) is 15.7. The van der Waals surface area contributed by atoms with Crippen molar-refractivity contribution >= 4 is 16.8 Å². The largest absolute Gasteiger partial charge is 0.506 e. The molecule has 0 spiro atoms. The van der Waals surface area contributed by atoms with Gasteiger partial charge in [0.2, 0.25) is 0 Å². The van der Waals surface area contributed by atoms with E-state index in [2.05, 4.69) is 0 Å². The Morgan fingerprint density at radius 3 is 2.45 bits per heavy atom. The summed E-state index contributed by atoms with van der Waals surface area (Å²) < 4.78 is 11.7. The molecule has 4 rings (SSSR count). The zero-order valence-electron chi connectivity index (χ0n) is 17.0. The van der Waals surface area contributed by atoms with E-state index in [4.69, 9.17) is 9.15 Å². The molecule has 150 valence electrons. The monoisotopic (exact) mass is 392 g/mol. The van der Waals surface area contributed by atoms with Crippen LogP contribution in [0.2, 0.25) is 0 Å². The number of carbonyl (C=O) groups is 1. The molecule has 5 nitrogen and oxygen atoms in total. The van der Waals surface area contributed by atoms with Crippen LogP contribution in [0, 0.1) is 11.8 Å². The molecule has 2 heterocycles. The summed E-state index contributed by atoms with van der Waals surface area (Å²) in [5, 5.41) is 11.6. The number of carbonyl (C=O) groups excluding carboxylic acids is 1. The first-order valence-corrected chi connectivity index (χ1v) is 9.91. The third-order valence-corrected chi connectivity index (χ3v) is 5.48. The molecule has 1 aliphatic heterocycles. The van der Waals surface area contributed by atoms with Crippen molar-refractivity contribution in [2.75, 3.05) is 0 Å². The Morgan fingerprint density at radius 2 is 1.83 bits per heavy atom. The van der Waals surface area contributed by atoms with Crippen molar-refractivity contribution in [2.45, 2.75) is 40.2 Å². The minimum absolute atomic E-state index is 0.153. The summed E-state index contributed by atoms with van der Waals surface area (Å²) in [4.78, 5) is 25.4. The van der Waals surface area contributed by atoms with Gasteiger partial charge in [0.25, 0.3) is 0 Å². The number of fused-ring (bicyclic) bond motifs is 3. The highest BCUT2D eigenvalue weighted by molar-refractivity contribution is 6.12. The van der Waals surface area contributed by atoms with E-state index < -0.39 is 5.63 Å². The summed E-state index contributed by atoms with van der Waals surface area (Å²) in [5.41, 5.74) is 1.96. The van der Waals surface area contributed by atoms with Gasteiger partial charge in [0.1, 0.15) is 28.7 Å². The van der Waals surface area contributed by atoms with E-state index in [9.17, 15) is 14.7 Å². The van der Waals surface area contributed by atoms with Crippen molar-refractivity contribution in [1.29, 1.82) is 0 Å². The first-order valence-electron chi connectivity index (χ1n) is 9.91. The molecule has 0 bridgehead atoms. The maximum atomic E-state index is 13.0. The van der Waals surface area contributed by atoms with Crippen LogP contribution in [0.4, 0.5) is 0 Å². The molecular weight excluding hydrogens is 368 g/mol. The summed E-state index contributed by atoms with van der Waals surface area (Å²) in [6, 6.07) is 10.7.